The first-order valence-electron chi connectivity index (χ1n) is 9.94. The summed E-state index contributed by atoms with van der Waals surface area (Å²) in [5, 5.41) is 0. The topological polar surface area (TPSA) is 89.5 Å². The highest BCUT2D eigenvalue weighted by Crippen LogP contribution is 2.52. The highest BCUT2D eigenvalue weighted by Gasteiger charge is 2.30. The Morgan fingerprint density at radius 2 is 0.679 bits per heavy atom. The molecular weight excluding hydrogens is 406 g/mol. The molecule has 0 radical (unpaired) electrons. The van der Waals surface area contributed by atoms with Crippen molar-refractivity contribution in [3.63, 3.8) is 0 Å². The maximum atomic E-state index is 12.7. The van der Waals surface area contributed by atoms with Gasteiger partial charge in [-0.15, -0.1) is 0 Å². The van der Waals surface area contributed by atoms with Gasteiger partial charge >= 0.3 is 15.6 Å². The molecule has 10 heteroatoms. The van der Waals surface area contributed by atoms with Crippen LogP contribution in [0.1, 0.15) is 55.4 Å². The van der Waals surface area contributed by atoms with E-state index in [1.807, 2.05) is 55.4 Å². The first-order chi connectivity index (χ1) is 12.9. The van der Waals surface area contributed by atoms with E-state index in [1.54, 1.807) is 0 Å². The zero-order valence-corrected chi connectivity index (χ0v) is 20.5. The van der Waals surface area contributed by atoms with Gasteiger partial charge in [0.1, 0.15) is 0 Å². The molecule has 0 N–H and O–H groups in total. The third kappa shape index (κ3) is 15.1. The van der Waals surface area contributed by atoms with Crippen molar-refractivity contribution in [3.8, 4) is 0 Å². The van der Waals surface area contributed by atoms with Crippen molar-refractivity contribution in [1.29, 1.82) is 0 Å². The number of hydrogen-bond donors (Lipinski definition) is 0. The van der Waals surface area contributed by atoms with Crippen LogP contribution in [0.15, 0.2) is 0 Å². The minimum absolute atomic E-state index is 0.131. The lowest BCUT2D eigenvalue weighted by molar-refractivity contribution is 0.0626. The van der Waals surface area contributed by atoms with Crippen LogP contribution in [0.25, 0.3) is 0 Å². The summed E-state index contributed by atoms with van der Waals surface area (Å²) in [5.41, 5.74) is 0. The number of rotatable bonds is 17. The van der Waals surface area contributed by atoms with Gasteiger partial charge in [0.25, 0.3) is 0 Å². The molecule has 0 bridgehead atoms. The van der Waals surface area contributed by atoms with Crippen LogP contribution in [0, 0.1) is 23.7 Å². The molecule has 0 spiro atoms. The fourth-order valence-electron chi connectivity index (χ4n) is 1.48. The average molecular weight is 446 g/mol. The SMILES string of the molecule is CC(C)COP(=O)(OCCOP(=O)(OCC(C)C)OCC(C)C)OCC(C)C. The van der Waals surface area contributed by atoms with E-state index in [1.165, 1.54) is 0 Å². The molecule has 0 aromatic rings. The first kappa shape index (κ1) is 28.2. The monoisotopic (exact) mass is 446 g/mol. The summed E-state index contributed by atoms with van der Waals surface area (Å²) in [5.74, 6) is 0.685. The van der Waals surface area contributed by atoms with E-state index in [0.29, 0.717) is 0 Å². The largest absolute Gasteiger partial charge is 0.474 e. The zero-order valence-electron chi connectivity index (χ0n) is 18.7. The predicted molar refractivity (Wildman–Crippen MR) is 110 cm³/mol. The Morgan fingerprint density at radius 1 is 0.464 bits per heavy atom. The van der Waals surface area contributed by atoms with E-state index >= 15 is 0 Å². The van der Waals surface area contributed by atoms with Crippen LogP contribution in [0.5, 0.6) is 0 Å². The maximum Gasteiger partial charge on any atom is 0.474 e. The summed E-state index contributed by atoms with van der Waals surface area (Å²) < 4.78 is 57.5. The molecule has 0 atom stereocenters. The Labute approximate surface area is 171 Å². The Bertz CT molecular complexity index is 418. The second-order valence-corrected chi connectivity index (χ2v) is 11.7. The van der Waals surface area contributed by atoms with Crippen molar-refractivity contribution in [2.24, 2.45) is 23.7 Å². The highest BCUT2D eigenvalue weighted by atomic mass is 31.2. The van der Waals surface area contributed by atoms with Crippen molar-refractivity contribution < 1.29 is 36.3 Å². The minimum atomic E-state index is -3.72. The standard InChI is InChI=1S/C18H40O8P2/c1-15(2)11-23-27(19,24-12-16(3)4)21-9-10-22-28(20,25-13-17(5)6)26-14-18(7)8/h15-18H,9-14H2,1-8H3. The molecule has 0 aliphatic carbocycles. The Morgan fingerprint density at radius 3 is 0.857 bits per heavy atom. The predicted octanol–water partition coefficient (Wildman–Crippen LogP) is 5.93. The summed E-state index contributed by atoms with van der Waals surface area (Å²) >= 11 is 0. The van der Waals surface area contributed by atoms with Gasteiger partial charge in [-0.1, -0.05) is 55.4 Å². The second kappa shape index (κ2) is 14.3. The summed E-state index contributed by atoms with van der Waals surface area (Å²) in [7, 11) is -7.45. The summed E-state index contributed by atoms with van der Waals surface area (Å²) in [4.78, 5) is 0. The lowest BCUT2D eigenvalue weighted by atomic mass is 10.2. The Balaban J connectivity index is 4.69. The maximum absolute atomic E-state index is 12.7. The van der Waals surface area contributed by atoms with Crippen LogP contribution >= 0.6 is 15.6 Å². The molecule has 0 unspecified atom stereocenters. The molecule has 0 saturated heterocycles. The molecule has 0 aromatic carbocycles. The lowest BCUT2D eigenvalue weighted by Crippen LogP contribution is -2.13. The third-order valence-corrected chi connectivity index (χ3v) is 5.70. The quantitative estimate of drug-likeness (QED) is 0.201. The van der Waals surface area contributed by atoms with E-state index in [4.69, 9.17) is 27.1 Å². The molecule has 0 aromatic heterocycles. The highest BCUT2D eigenvalue weighted by molar-refractivity contribution is 7.48. The van der Waals surface area contributed by atoms with Crippen LogP contribution in [0.4, 0.5) is 0 Å². The van der Waals surface area contributed by atoms with Crippen molar-refractivity contribution in [1.82, 2.24) is 0 Å². The lowest BCUT2D eigenvalue weighted by Gasteiger charge is -2.22. The van der Waals surface area contributed by atoms with Gasteiger partial charge < -0.3 is 0 Å². The van der Waals surface area contributed by atoms with E-state index in [-0.39, 0.29) is 63.3 Å². The smallest absolute Gasteiger partial charge is 0.287 e. The molecule has 8 nitrogen and oxygen atoms in total. The van der Waals surface area contributed by atoms with Crippen LogP contribution in [0.3, 0.4) is 0 Å². The van der Waals surface area contributed by atoms with Gasteiger partial charge in [0.2, 0.25) is 0 Å². The van der Waals surface area contributed by atoms with Crippen molar-refractivity contribution in [3.05, 3.63) is 0 Å². The molecule has 0 aliphatic heterocycles. The van der Waals surface area contributed by atoms with Gasteiger partial charge in [-0.05, 0) is 23.7 Å². The van der Waals surface area contributed by atoms with Crippen molar-refractivity contribution >= 4 is 15.6 Å². The average Bonchev–Trinajstić information content (AvgIpc) is 2.59. The van der Waals surface area contributed by atoms with Gasteiger partial charge in [0.15, 0.2) is 0 Å². The molecular formula is C18H40O8P2. The molecule has 0 rings (SSSR count). The van der Waals surface area contributed by atoms with Gasteiger partial charge in [0.05, 0.1) is 39.6 Å². The van der Waals surface area contributed by atoms with E-state index in [2.05, 4.69) is 0 Å². The molecule has 0 saturated carbocycles. The van der Waals surface area contributed by atoms with Gasteiger partial charge in [-0.2, -0.15) is 0 Å². The normalized spacial score (nSPS) is 13.4. The van der Waals surface area contributed by atoms with E-state index < -0.39 is 15.6 Å². The molecule has 0 amide bonds. The Kier molecular flexibility index (Phi) is 14.4. The van der Waals surface area contributed by atoms with Gasteiger partial charge in [-0.25, -0.2) is 9.13 Å². The number of phosphoric acid groups is 2. The summed E-state index contributed by atoms with van der Waals surface area (Å²) in [6.45, 7) is 16.2. The Hall–Kier alpha value is 0.220. The summed E-state index contributed by atoms with van der Waals surface area (Å²) in [6.07, 6.45) is 0. The second-order valence-electron chi connectivity index (χ2n) is 8.32. The molecule has 0 aliphatic rings. The first-order valence-corrected chi connectivity index (χ1v) is 12.9. The van der Waals surface area contributed by atoms with Crippen molar-refractivity contribution in [2.75, 3.05) is 39.6 Å². The third-order valence-electron chi connectivity index (χ3n) is 2.85. The van der Waals surface area contributed by atoms with Gasteiger partial charge in [0, 0.05) is 0 Å². The fraction of sp³-hybridized carbons (Fsp3) is 1.00. The number of phosphoric ester groups is 2. The van der Waals surface area contributed by atoms with Crippen LogP contribution < -0.4 is 0 Å². The van der Waals surface area contributed by atoms with Crippen LogP contribution in [-0.2, 0) is 36.3 Å². The van der Waals surface area contributed by atoms with E-state index in [0.717, 1.165) is 0 Å². The molecule has 28 heavy (non-hydrogen) atoms. The van der Waals surface area contributed by atoms with Crippen molar-refractivity contribution in [2.45, 2.75) is 55.4 Å². The zero-order chi connectivity index (χ0) is 21.8. The van der Waals surface area contributed by atoms with E-state index in [9.17, 15) is 9.13 Å². The summed E-state index contributed by atoms with van der Waals surface area (Å²) in [6, 6.07) is 0. The minimum Gasteiger partial charge on any atom is -0.287 e. The van der Waals surface area contributed by atoms with Crippen LogP contribution in [-0.4, -0.2) is 39.6 Å². The fourth-order valence-corrected chi connectivity index (χ4v) is 4.45. The molecule has 0 heterocycles. The van der Waals surface area contributed by atoms with Gasteiger partial charge in [-0.3, -0.25) is 27.1 Å². The van der Waals surface area contributed by atoms with Crippen LogP contribution in [0.2, 0.25) is 0 Å². The molecule has 0 fully saturated rings. The number of hydrogen-bond acceptors (Lipinski definition) is 8. The molecule has 170 valence electrons.